The molecule has 1 fully saturated rings. The first-order valence-corrected chi connectivity index (χ1v) is 11.5. The Morgan fingerprint density at radius 3 is 2.58 bits per heavy atom. The van der Waals surface area contributed by atoms with Gasteiger partial charge in [-0.3, -0.25) is 14.2 Å². The average Bonchev–Trinajstić information content (AvgIpc) is 3.19. The lowest BCUT2D eigenvalue weighted by Gasteiger charge is -2.28. The highest BCUT2D eigenvalue weighted by Crippen LogP contribution is 2.39. The van der Waals surface area contributed by atoms with Crippen molar-refractivity contribution < 1.29 is 22.7 Å². The average molecular weight is 504 g/mol. The number of anilines is 1. The molecule has 4 rings (SSSR count). The number of benzene rings is 1. The number of nitrogens with zero attached hydrogens (tertiary/aromatic N) is 4. The maximum Gasteiger partial charge on any atom is 0.266 e. The highest BCUT2D eigenvalue weighted by molar-refractivity contribution is 5.87. The fraction of sp³-hybridized carbons (Fsp3) is 0.440. The molecule has 0 bridgehead atoms. The number of methoxy groups -OCH3 is 1. The van der Waals surface area contributed by atoms with Crippen molar-refractivity contribution in [3.05, 3.63) is 63.5 Å². The topological polar surface area (TPSA) is 89.3 Å². The molecule has 2 aromatic heterocycles. The first-order valence-electron chi connectivity index (χ1n) is 11.5. The summed E-state index contributed by atoms with van der Waals surface area (Å²) in [6.07, 6.45) is -1.26. The lowest BCUT2D eigenvalue weighted by molar-refractivity contribution is -0.130. The van der Waals surface area contributed by atoms with Crippen LogP contribution in [0.25, 0.3) is 11.0 Å². The van der Waals surface area contributed by atoms with Gasteiger partial charge in [-0.1, -0.05) is 18.2 Å². The van der Waals surface area contributed by atoms with Gasteiger partial charge in [-0.2, -0.15) is 0 Å². The van der Waals surface area contributed by atoms with Gasteiger partial charge in [0.1, 0.15) is 29.2 Å². The maximum atomic E-state index is 14.8. The Hall–Kier alpha value is -3.47. The van der Waals surface area contributed by atoms with Gasteiger partial charge in [0.15, 0.2) is 0 Å². The predicted molar refractivity (Wildman–Crippen MR) is 128 cm³/mol. The SMILES string of the molecule is CO[C@@]1(c2cc3c(N[C@H](C)c4cccc(C(F)F)c4F)ncnc3n(C)c2=O)C[C@@H](C)N(C(C)=O)C1. The summed E-state index contributed by atoms with van der Waals surface area (Å²) in [6, 6.07) is 4.63. The molecule has 1 aliphatic rings. The lowest BCUT2D eigenvalue weighted by Crippen LogP contribution is -2.40. The quantitative estimate of drug-likeness (QED) is 0.546. The van der Waals surface area contributed by atoms with Crippen molar-refractivity contribution in [3.63, 3.8) is 0 Å². The summed E-state index contributed by atoms with van der Waals surface area (Å²) < 4.78 is 48.4. The maximum absolute atomic E-state index is 14.8. The Morgan fingerprint density at radius 2 is 1.97 bits per heavy atom. The van der Waals surface area contributed by atoms with Crippen LogP contribution < -0.4 is 10.9 Å². The number of rotatable bonds is 6. The minimum Gasteiger partial charge on any atom is -0.371 e. The second-order valence-electron chi connectivity index (χ2n) is 9.20. The van der Waals surface area contributed by atoms with Crippen LogP contribution in [0.4, 0.5) is 19.0 Å². The molecule has 192 valence electrons. The van der Waals surface area contributed by atoms with Gasteiger partial charge < -0.3 is 15.0 Å². The van der Waals surface area contributed by atoms with Crippen LogP contribution in [0.5, 0.6) is 0 Å². The van der Waals surface area contributed by atoms with Gasteiger partial charge in [-0.05, 0) is 19.9 Å². The van der Waals surface area contributed by atoms with Crippen LogP contribution in [0.3, 0.4) is 0 Å². The van der Waals surface area contributed by atoms with Crippen LogP contribution in [0.1, 0.15) is 56.3 Å². The van der Waals surface area contributed by atoms with E-state index in [1.807, 2.05) is 6.92 Å². The number of carbonyl (C=O) groups excluding carboxylic acids is 1. The molecule has 1 saturated heterocycles. The number of hydrogen-bond donors (Lipinski definition) is 1. The number of halogens is 3. The second-order valence-corrected chi connectivity index (χ2v) is 9.20. The number of aromatic nitrogens is 3. The molecule has 0 unspecified atom stereocenters. The summed E-state index contributed by atoms with van der Waals surface area (Å²) >= 11 is 0. The van der Waals surface area contributed by atoms with E-state index in [1.54, 1.807) is 24.9 Å². The normalized spacial score (nSPS) is 20.8. The standard InChI is InChI=1S/C25H28F3N5O3/c1-13-10-25(36-5,11-33(13)15(3)34)19-9-18-22(29-12-30-23(18)32(4)24(19)35)31-14(2)16-7-6-8-17(20(16)26)21(27)28/h6-9,12-14,21H,10-11H2,1-5H3,(H,29,30,31)/t13-,14-,25+/m1/s1. The van der Waals surface area contributed by atoms with E-state index < -0.39 is 29.4 Å². The van der Waals surface area contributed by atoms with Crippen LogP contribution in [0, 0.1) is 5.82 Å². The van der Waals surface area contributed by atoms with Crippen LogP contribution in [-0.2, 0) is 22.2 Å². The van der Waals surface area contributed by atoms with E-state index >= 15 is 0 Å². The van der Waals surface area contributed by atoms with Crippen LogP contribution in [0.2, 0.25) is 0 Å². The largest absolute Gasteiger partial charge is 0.371 e. The van der Waals surface area contributed by atoms with E-state index in [1.165, 1.54) is 37.1 Å². The fourth-order valence-electron chi connectivity index (χ4n) is 5.02. The number of ether oxygens (including phenoxy) is 1. The van der Waals surface area contributed by atoms with Gasteiger partial charge in [0.2, 0.25) is 5.91 Å². The highest BCUT2D eigenvalue weighted by atomic mass is 19.3. The number of aryl methyl sites for hydroxylation is 1. The number of amides is 1. The van der Waals surface area contributed by atoms with Crippen molar-refractivity contribution in [3.8, 4) is 0 Å². The van der Waals surface area contributed by atoms with Crippen molar-refractivity contribution >= 4 is 22.8 Å². The summed E-state index contributed by atoms with van der Waals surface area (Å²) in [5.41, 5.74) is -1.31. The van der Waals surface area contributed by atoms with Gasteiger partial charge in [0.25, 0.3) is 12.0 Å². The number of nitrogens with one attached hydrogen (secondary N) is 1. The molecular formula is C25H28F3N5O3. The molecule has 1 N–H and O–H groups in total. The Morgan fingerprint density at radius 1 is 1.28 bits per heavy atom. The molecular weight excluding hydrogens is 475 g/mol. The zero-order valence-electron chi connectivity index (χ0n) is 20.7. The molecule has 1 aromatic carbocycles. The predicted octanol–water partition coefficient (Wildman–Crippen LogP) is 4.06. The zero-order valence-corrected chi connectivity index (χ0v) is 20.7. The molecule has 0 spiro atoms. The number of likely N-dealkylation sites (tertiary alicyclic amines) is 1. The third-order valence-corrected chi connectivity index (χ3v) is 6.99. The molecule has 3 aromatic rings. The van der Waals surface area contributed by atoms with Crippen LogP contribution >= 0.6 is 0 Å². The molecule has 36 heavy (non-hydrogen) atoms. The second kappa shape index (κ2) is 9.53. The van der Waals surface area contributed by atoms with Crippen molar-refractivity contribution in [1.82, 2.24) is 19.4 Å². The van der Waals surface area contributed by atoms with E-state index in [0.717, 1.165) is 6.07 Å². The zero-order chi connectivity index (χ0) is 26.4. The third-order valence-electron chi connectivity index (χ3n) is 6.99. The van der Waals surface area contributed by atoms with Crippen LogP contribution in [-0.4, -0.2) is 45.0 Å². The molecule has 3 atom stereocenters. The molecule has 11 heteroatoms. The van der Waals surface area contributed by atoms with Gasteiger partial charge in [0.05, 0.1) is 29.1 Å². The van der Waals surface area contributed by atoms with Crippen molar-refractivity contribution in [2.24, 2.45) is 7.05 Å². The van der Waals surface area contributed by atoms with E-state index in [4.69, 9.17) is 4.74 Å². The highest BCUT2D eigenvalue weighted by Gasteiger charge is 2.47. The first kappa shape index (κ1) is 25.6. The van der Waals surface area contributed by atoms with Crippen molar-refractivity contribution in [1.29, 1.82) is 0 Å². The summed E-state index contributed by atoms with van der Waals surface area (Å²) in [4.78, 5) is 35.7. The van der Waals surface area contributed by atoms with E-state index in [-0.39, 0.29) is 29.6 Å². The summed E-state index contributed by atoms with van der Waals surface area (Å²) in [7, 11) is 3.08. The minimum absolute atomic E-state index is 0.0553. The van der Waals surface area contributed by atoms with Crippen molar-refractivity contribution in [2.45, 2.75) is 51.3 Å². The summed E-state index contributed by atoms with van der Waals surface area (Å²) in [6.45, 7) is 5.21. The van der Waals surface area contributed by atoms with E-state index in [9.17, 15) is 22.8 Å². The molecule has 0 aliphatic carbocycles. The summed E-state index contributed by atoms with van der Waals surface area (Å²) in [5, 5.41) is 3.55. The van der Waals surface area contributed by atoms with Gasteiger partial charge in [0, 0.05) is 39.1 Å². The number of fused-ring (bicyclic) bond motifs is 1. The monoisotopic (exact) mass is 503 g/mol. The summed E-state index contributed by atoms with van der Waals surface area (Å²) in [5.74, 6) is -0.805. The molecule has 3 heterocycles. The molecule has 1 amide bonds. The number of hydrogen-bond acceptors (Lipinski definition) is 6. The Balaban J connectivity index is 1.82. The van der Waals surface area contributed by atoms with Gasteiger partial charge >= 0.3 is 0 Å². The Labute approximate surface area is 206 Å². The number of alkyl halides is 2. The number of pyridine rings is 1. The molecule has 8 nitrogen and oxygen atoms in total. The smallest absolute Gasteiger partial charge is 0.266 e. The fourth-order valence-corrected chi connectivity index (χ4v) is 5.02. The minimum atomic E-state index is -2.94. The third kappa shape index (κ3) is 4.21. The molecule has 0 radical (unpaired) electrons. The Bertz CT molecular complexity index is 1380. The first-order chi connectivity index (χ1) is 17.0. The van der Waals surface area contributed by atoms with Gasteiger partial charge in [-0.25, -0.2) is 23.1 Å². The number of carbonyl (C=O) groups is 1. The van der Waals surface area contributed by atoms with Crippen molar-refractivity contribution in [2.75, 3.05) is 19.0 Å². The Kier molecular flexibility index (Phi) is 6.78. The molecule has 1 aliphatic heterocycles. The van der Waals surface area contributed by atoms with Crippen LogP contribution in [0.15, 0.2) is 35.4 Å². The van der Waals surface area contributed by atoms with E-state index in [2.05, 4.69) is 15.3 Å². The van der Waals surface area contributed by atoms with E-state index in [0.29, 0.717) is 28.8 Å². The molecule has 0 saturated carbocycles. The lowest BCUT2D eigenvalue weighted by atomic mass is 9.91. The van der Waals surface area contributed by atoms with Gasteiger partial charge in [-0.15, -0.1) is 0 Å².